The summed E-state index contributed by atoms with van der Waals surface area (Å²) in [6, 6.07) is 81.5. The number of aromatic nitrogens is 4. The predicted octanol–water partition coefficient (Wildman–Crippen LogP) is 15.5. The molecule has 13 rings (SSSR count). The van der Waals surface area contributed by atoms with Crippen LogP contribution >= 0.6 is 0 Å². The van der Waals surface area contributed by atoms with E-state index >= 15 is 0 Å². The minimum atomic E-state index is -0.326. The number of para-hydroxylation sites is 4. The molecule has 3 aromatic heterocycles. The highest BCUT2D eigenvalue weighted by Gasteiger charge is 2.39. The Morgan fingerprint density at radius 3 is 1.18 bits per heavy atom. The van der Waals surface area contributed by atoms with Gasteiger partial charge in [-0.1, -0.05) is 184 Å². The van der Waals surface area contributed by atoms with Crippen molar-refractivity contribution in [2.75, 3.05) is 0 Å². The average Bonchev–Trinajstić information content (AvgIpc) is 3.90. The third kappa shape index (κ3) is 5.92. The van der Waals surface area contributed by atoms with Crippen molar-refractivity contribution in [1.82, 2.24) is 19.1 Å². The van der Waals surface area contributed by atoms with Crippen molar-refractivity contribution in [3.63, 3.8) is 0 Å². The van der Waals surface area contributed by atoms with Gasteiger partial charge in [-0.05, 0) is 82.4 Å². The van der Waals surface area contributed by atoms with Crippen LogP contribution in [0.3, 0.4) is 0 Å². The molecule has 0 saturated heterocycles. The average molecular weight is 845 g/mol. The Balaban J connectivity index is 1.00. The Morgan fingerprint density at radius 1 is 0.364 bits per heavy atom. The maximum absolute atomic E-state index is 5.17. The molecule has 3 heterocycles. The van der Waals surface area contributed by atoms with Gasteiger partial charge in [-0.25, -0.2) is 9.97 Å². The first-order chi connectivity index (χ1) is 32.5. The zero-order valence-electron chi connectivity index (χ0n) is 36.7. The van der Waals surface area contributed by atoms with Crippen LogP contribution in [0.1, 0.15) is 47.6 Å². The zero-order chi connectivity index (χ0) is 43.9. The summed E-state index contributed by atoms with van der Waals surface area (Å²) in [5, 5.41) is 5.05. The smallest absolute Gasteiger partial charge is 0.160 e. The summed E-state index contributed by atoms with van der Waals surface area (Å²) in [5.41, 5.74) is 18.3. The Hall–Kier alpha value is -8.34. The summed E-state index contributed by atoms with van der Waals surface area (Å²) >= 11 is 0. The van der Waals surface area contributed by atoms with Gasteiger partial charge in [0.1, 0.15) is 0 Å². The maximum atomic E-state index is 5.17. The molecule has 0 aliphatic heterocycles. The van der Waals surface area contributed by atoms with E-state index in [1.807, 2.05) is 24.3 Å². The van der Waals surface area contributed by atoms with Crippen LogP contribution in [0.5, 0.6) is 0 Å². The standard InChI is InChI=1S/C62H44N4/c1-62(2)52-37-44(65-56-25-13-9-21-46(56)47-22-10-14-26-57(47)65)33-35-50(52)60(51-36-34-45(38-53(51)62)66-58-27-15-11-23-48(58)49-24-12-16-28-59(49)66)42-31-29-41(30-32-42)55-39-54(40-17-5-3-6-18-40)63-61(64-55)43-19-7-4-8-20-43/h3-39,60H,1-2H3. The third-order valence-electron chi connectivity index (χ3n) is 14.1. The van der Waals surface area contributed by atoms with Crippen LogP contribution in [-0.4, -0.2) is 19.1 Å². The van der Waals surface area contributed by atoms with E-state index in [4.69, 9.17) is 9.97 Å². The van der Waals surface area contributed by atoms with Crippen molar-refractivity contribution in [3.8, 4) is 45.3 Å². The van der Waals surface area contributed by atoms with Crippen molar-refractivity contribution in [2.45, 2.75) is 25.2 Å². The SMILES string of the molecule is CC1(C)c2cc(-n3c4ccccc4c4ccccc43)ccc2C(c2ccc(-c3cc(-c4ccccc4)nc(-c4ccccc4)n3)cc2)c2ccc(-n3c4ccccc4c4ccccc43)cc21. The van der Waals surface area contributed by atoms with Crippen molar-refractivity contribution in [2.24, 2.45) is 0 Å². The highest BCUT2D eigenvalue weighted by Crippen LogP contribution is 2.51. The van der Waals surface area contributed by atoms with Crippen LogP contribution in [0, 0.1) is 0 Å². The van der Waals surface area contributed by atoms with Crippen LogP contribution in [0.4, 0.5) is 0 Å². The molecule has 0 N–H and O–H groups in total. The zero-order valence-corrected chi connectivity index (χ0v) is 36.7. The lowest BCUT2D eigenvalue weighted by Crippen LogP contribution is -2.30. The molecule has 66 heavy (non-hydrogen) atoms. The van der Waals surface area contributed by atoms with Gasteiger partial charge in [0.05, 0.1) is 33.5 Å². The Bertz CT molecular complexity index is 3510. The van der Waals surface area contributed by atoms with E-state index in [1.54, 1.807) is 0 Å². The molecule has 0 radical (unpaired) electrons. The molecule has 0 unspecified atom stereocenters. The summed E-state index contributed by atoms with van der Waals surface area (Å²) < 4.78 is 4.90. The van der Waals surface area contributed by atoms with Crippen LogP contribution in [0.25, 0.3) is 88.9 Å². The lowest BCUT2D eigenvalue weighted by Gasteiger charge is -2.40. The Kier molecular flexibility index (Phi) is 8.59. The van der Waals surface area contributed by atoms with Gasteiger partial charge in [0.2, 0.25) is 0 Å². The fourth-order valence-electron chi connectivity index (χ4n) is 10.9. The van der Waals surface area contributed by atoms with Gasteiger partial charge in [-0.2, -0.15) is 0 Å². The van der Waals surface area contributed by atoms with Gasteiger partial charge in [0.25, 0.3) is 0 Å². The molecule has 0 atom stereocenters. The molecule has 0 bridgehead atoms. The third-order valence-corrected chi connectivity index (χ3v) is 14.1. The van der Waals surface area contributed by atoms with Crippen LogP contribution in [0.15, 0.2) is 224 Å². The molecule has 12 aromatic rings. The molecule has 0 saturated carbocycles. The molecule has 9 aromatic carbocycles. The molecule has 0 fully saturated rings. The van der Waals surface area contributed by atoms with Gasteiger partial charge in [0, 0.05) is 60.9 Å². The van der Waals surface area contributed by atoms with Gasteiger partial charge in [0.15, 0.2) is 5.82 Å². The molecule has 0 spiro atoms. The van der Waals surface area contributed by atoms with Crippen molar-refractivity contribution in [1.29, 1.82) is 0 Å². The van der Waals surface area contributed by atoms with E-state index in [1.165, 1.54) is 82.8 Å². The lowest BCUT2D eigenvalue weighted by atomic mass is 9.63. The topological polar surface area (TPSA) is 35.6 Å². The second-order valence-electron chi connectivity index (χ2n) is 18.2. The highest BCUT2D eigenvalue weighted by molar-refractivity contribution is 6.10. The second-order valence-corrected chi connectivity index (χ2v) is 18.2. The summed E-state index contributed by atoms with van der Waals surface area (Å²) in [6.07, 6.45) is 0. The molecule has 4 nitrogen and oxygen atoms in total. The predicted molar refractivity (Wildman–Crippen MR) is 273 cm³/mol. The lowest BCUT2D eigenvalue weighted by molar-refractivity contribution is 0.596. The Morgan fingerprint density at radius 2 is 0.742 bits per heavy atom. The van der Waals surface area contributed by atoms with E-state index in [0.29, 0.717) is 5.82 Å². The first-order valence-electron chi connectivity index (χ1n) is 22.9. The minimum absolute atomic E-state index is 0.00151. The molecule has 4 heteroatoms. The molecule has 1 aliphatic rings. The highest BCUT2D eigenvalue weighted by atomic mass is 15.0. The van der Waals surface area contributed by atoms with Gasteiger partial charge >= 0.3 is 0 Å². The second kappa shape index (κ2) is 14.9. The van der Waals surface area contributed by atoms with E-state index in [2.05, 4.69) is 223 Å². The number of hydrogen-bond acceptors (Lipinski definition) is 2. The number of nitrogens with zero attached hydrogens (tertiary/aromatic N) is 4. The molecular weight excluding hydrogens is 801 g/mol. The van der Waals surface area contributed by atoms with Crippen LogP contribution in [0.2, 0.25) is 0 Å². The minimum Gasteiger partial charge on any atom is -0.309 e. The van der Waals surface area contributed by atoms with Crippen LogP contribution in [-0.2, 0) is 5.41 Å². The van der Waals surface area contributed by atoms with Crippen LogP contribution < -0.4 is 0 Å². The number of fused-ring (bicyclic) bond motifs is 8. The summed E-state index contributed by atoms with van der Waals surface area (Å²) in [7, 11) is 0. The summed E-state index contributed by atoms with van der Waals surface area (Å²) in [6.45, 7) is 4.83. The van der Waals surface area contributed by atoms with E-state index in [0.717, 1.165) is 28.1 Å². The normalized spacial score (nSPS) is 13.4. The number of hydrogen-bond donors (Lipinski definition) is 0. The number of rotatable bonds is 6. The fourth-order valence-corrected chi connectivity index (χ4v) is 10.9. The largest absolute Gasteiger partial charge is 0.309 e. The van der Waals surface area contributed by atoms with E-state index in [9.17, 15) is 0 Å². The fraction of sp³-hybridized carbons (Fsp3) is 0.0645. The summed E-state index contributed by atoms with van der Waals surface area (Å²) in [4.78, 5) is 10.2. The van der Waals surface area contributed by atoms with Crippen molar-refractivity contribution >= 4 is 43.6 Å². The van der Waals surface area contributed by atoms with Gasteiger partial charge in [-0.15, -0.1) is 0 Å². The van der Waals surface area contributed by atoms with Gasteiger partial charge in [-0.3, -0.25) is 0 Å². The van der Waals surface area contributed by atoms with Gasteiger partial charge < -0.3 is 9.13 Å². The number of benzene rings is 9. The van der Waals surface area contributed by atoms with Crippen molar-refractivity contribution < 1.29 is 0 Å². The first kappa shape index (κ1) is 38.1. The molecule has 1 aliphatic carbocycles. The van der Waals surface area contributed by atoms with E-state index in [-0.39, 0.29) is 11.3 Å². The molecule has 0 amide bonds. The molecular formula is C62H44N4. The maximum Gasteiger partial charge on any atom is 0.160 e. The van der Waals surface area contributed by atoms with Crippen molar-refractivity contribution in [3.05, 3.63) is 252 Å². The molecule has 312 valence electrons. The monoisotopic (exact) mass is 844 g/mol. The summed E-state index contributed by atoms with van der Waals surface area (Å²) in [5.74, 6) is 0.716. The first-order valence-corrected chi connectivity index (χ1v) is 22.9. The Labute approximate surface area is 383 Å². The van der Waals surface area contributed by atoms with E-state index < -0.39 is 0 Å². The quantitative estimate of drug-likeness (QED) is 0.167.